The molecule has 1 saturated carbocycles. The molecule has 1 fully saturated rings. The molecule has 0 radical (unpaired) electrons. The number of halogens is 1. The van der Waals surface area contributed by atoms with Crippen LogP contribution < -0.4 is 5.32 Å². The van der Waals surface area contributed by atoms with Gasteiger partial charge in [-0.2, -0.15) is 0 Å². The highest BCUT2D eigenvalue weighted by molar-refractivity contribution is 9.10. The van der Waals surface area contributed by atoms with Gasteiger partial charge in [-0.05, 0) is 53.2 Å². The van der Waals surface area contributed by atoms with Crippen molar-refractivity contribution >= 4 is 21.8 Å². The SMILES string of the molecule is O=C(NC(CCO)C1CC1)c1ccc(Br)cn1. The molecule has 1 aromatic rings. The van der Waals surface area contributed by atoms with Gasteiger partial charge in [0.2, 0.25) is 0 Å². The van der Waals surface area contributed by atoms with Gasteiger partial charge in [-0.1, -0.05) is 0 Å². The van der Waals surface area contributed by atoms with Crippen molar-refractivity contribution in [3.8, 4) is 0 Å². The molecule has 1 aliphatic rings. The molecule has 17 heavy (non-hydrogen) atoms. The molecule has 0 aliphatic heterocycles. The first kappa shape index (κ1) is 12.5. The predicted molar refractivity (Wildman–Crippen MR) is 67.6 cm³/mol. The fourth-order valence-corrected chi connectivity index (χ4v) is 2.05. The summed E-state index contributed by atoms with van der Waals surface area (Å²) in [5, 5.41) is 11.9. The van der Waals surface area contributed by atoms with Crippen LogP contribution in [0.1, 0.15) is 29.8 Å². The second-order valence-electron chi connectivity index (χ2n) is 4.29. The number of rotatable bonds is 5. The summed E-state index contributed by atoms with van der Waals surface area (Å²) in [6.45, 7) is 0.106. The summed E-state index contributed by atoms with van der Waals surface area (Å²) in [4.78, 5) is 16.0. The summed E-state index contributed by atoms with van der Waals surface area (Å²) in [5.74, 6) is 0.365. The number of aliphatic hydroxyl groups excluding tert-OH is 1. The lowest BCUT2D eigenvalue weighted by molar-refractivity contribution is 0.0919. The number of hydrogen-bond acceptors (Lipinski definition) is 3. The molecule has 1 heterocycles. The van der Waals surface area contributed by atoms with Gasteiger partial charge in [0.1, 0.15) is 5.69 Å². The number of aliphatic hydroxyl groups is 1. The molecule has 0 spiro atoms. The summed E-state index contributed by atoms with van der Waals surface area (Å²) in [7, 11) is 0. The lowest BCUT2D eigenvalue weighted by Gasteiger charge is -2.16. The minimum Gasteiger partial charge on any atom is -0.396 e. The molecule has 5 heteroatoms. The number of amides is 1. The van der Waals surface area contributed by atoms with Crippen LogP contribution in [0.2, 0.25) is 0 Å². The Morgan fingerprint density at radius 2 is 2.35 bits per heavy atom. The van der Waals surface area contributed by atoms with E-state index >= 15 is 0 Å². The van der Waals surface area contributed by atoms with Crippen LogP contribution in [0.15, 0.2) is 22.8 Å². The van der Waals surface area contributed by atoms with E-state index in [9.17, 15) is 4.79 Å². The zero-order valence-electron chi connectivity index (χ0n) is 9.40. The zero-order valence-corrected chi connectivity index (χ0v) is 11.0. The Balaban J connectivity index is 1.97. The van der Waals surface area contributed by atoms with Gasteiger partial charge in [0.05, 0.1) is 0 Å². The maximum atomic E-state index is 11.9. The highest BCUT2D eigenvalue weighted by Crippen LogP contribution is 2.34. The normalized spacial score (nSPS) is 16.6. The van der Waals surface area contributed by atoms with Crippen LogP contribution in [-0.4, -0.2) is 28.6 Å². The van der Waals surface area contributed by atoms with Crippen LogP contribution >= 0.6 is 15.9 Å². The second-order valence-corrected chi connectivity index (χ2v) is 5.21. The summed E-state index contributed by atoms with van der Waals surface area (Å²) in [6, 6.07) is 3.56. The first-order valence-electron chi connectivity index (χ1n) is 5.74. The maximum Gasteiger partial charge on any atom is 0.270 e. The van der Waals surface area contributed by atoms with Gasteiger partial charge in [0.25, 0.3) is 5.91 Å². The standard InChI is InChI=1S/C12H15BrN2O2/c13-9-3-4-11(14-7-9)12(17)15-10(5-6-16)8-1-2-8/h3-4,7-8,10,16H,1-2,5-6H2,(H,15,17). The summed E-state index contributed by atoms with van der Waals surface area (Å²) in [5.41, 5.74) is 0.414. The van der Waals surface area contributed by atoms with Gasteiger partial charge in [0, 0.05) is 23.3 Å². The van der Waals surface area contributed by atoms with E-state index in [0.717, 1.165) is 17.3 Å². The molecule has 2 rings (SSSR count). The number of pyridine rings is 1. The van der Waals surface area contributed by atoms with Crippen molar-refractivity contribution in [2.24, 2.45) is 5.92 Å². The molecule has 1 unspecified atom stereocenters. The Labute approximate surface area is 109 Å². The quantitative estimate of drug-likeness (QED) is 0.870. The minimum atomic E-state index is -0.164. The van der Waals surface area contributed by atoms with Crippen LogP contribution in [0.5, 0.6) is 0 Å². The number of nitrogens with one attached hydrogen (secondary N) is 1. The number of carbonyl (C=O) groups is 1. The van der Waals surface area contributed by atoms with E-state index in [1.165, 1.54) is 0 Å². The summed E-state index contributed by atoms with van der Waals surface area (Å²) in [6.07, 6.45) is 4.50. The van der Waals surface area contributed by atoms with Gasteiger partial charge in [-0.15, -0.1) is 0 Å². The van der Waals surface area contributed by atoms with Crippen molar-refractivity contribution in [3.63, 3.8) is 0 Å². The van der Waals surface area contributed by atoms with Crippen molar-refractivity contribution in [1.82, 2.24) is 10.3 Å². The predicted octanol–water partition coefficient (Wildman–Crippen LogP) is 1.73. The summed E-state index contributed by atoms with van der Waals surface area (Å²) >= 11 is 3.28. The molecule has 0 bridgehead atoms. The monoisotopic (exact) mass is 298 g/mol. The van der Waals surface area contributed by atoms with Crippen molar-refractivity contribution in [2.75, 3.05) is 6.61 Å². The fourth-order valence-electron chi connectivity index (χ4n) is 1.82. The number of hydrogen-bond donors (Lipinski definition) is 2. The summed E-state index contributed by atoms with van der Waals surface area (Å²) < 4.78 is 0.850. The second kappa shape index (κ2) is 5.60. The molecule has 92 valence electrons. The molecule has 4 nitrogen and oxygen atoms in total. The Bertz CT molecular complexity index is 390. The highest BCUT2D eigenvalue weighted by Gasteiger charge is 2.32. The fraction of sp³-hybridized carbons (Fsp3) is 0.500. The van der Waals surface area contributed by atoms with Crippen LogP contribution in [0, 0.1) is 5.92 Å². The van der Waals surface area contributed by atoms with E-state index in [0.29, 0.717) is 18.0 Å². The molecule has 1 aromatic heterocycles. The molecule has 0 saturated heterocycles. The van der Waals surface area contributed by atoms with E-state index in [1.54, 1.807) is 18.3 Å². The van der Waals surface area contributed by atoms with Gasteiger partial charge in [-0.3, -0.25) is 4.79 Å². The van der Waals surface area contributed by atoms with Crippen LogP contribution in [0.25, 0.3) is 0 Å². The Morgan fingerprint density at radius 1 is 1.59 bits per heavy atom. The van der Waals surface area contributed by atoms with E-state index in [1.807, 2.05) is 0 Å². The third kappa shape index (κ3) is 3.51. The van der Waals surface area contributed by atoms with E-state index in [4.69, 9.17) is 5.11 Å². The Kier molecular flexibility index (Phi) is 4.12. The molecule has 1 aliphatic carbocycles. The number of carbonyl (C=O) groups excluding carboxylic acids is 1. The van der Waals surface area contributed by atoms with Gasteiger partial charge >= 0.3 is 0 Å². The third-order valence-electron chi connectivity index (χ3n) is 2.91. The van der Waals surface area contributed by atoms with E-state index < -0.39 is 0 Å². The smallest absolute Gasteiger partial charge is 0.270 e. The largest absolute Gasteiger partial charge is 0.396 e. The lowest BCUT2D eigenvalue weighted by atomic mass is 10.1. The maximum absolute atomic E-state index is 11.9. The first-order valence-corrected chi connectivity index (χ1v) is 6.53. The molecular weight excluding hydrogens is 284 g/mol. The Hall–Kier alpha value is -0.940. The van der Waals surface area contributed by atoms with Crippen molar-refractivity contribution in [3.05, 3.63) is 28.5 Å². The first-order chi connectivity index (χ1) is 8.20. The average Bonchev–Trinajstić information content (AvgIpc) is 3.13. The zero-order chi connectivity index (χ0) is 12.3. The molecule has 2 N–H and O–H groups in total. The Morgan fingerprint density at radius 3 is 2.88 bits per heavy atom. The third-order valence-corrected chi connectivity index (χ3v) is 3.38. The topological polar surface area (TPSA) is 62.2 Å². The molecular formula is C12H15BrN2O2. The van der Waals surface area contributed by atoms with E-state index in [2.05, 4.69) is 26.2 Å². The van der Waals surface area contributed by atoms with Crippen molar-refractivity contribution in [2.45, 2.75) is 25.3 Å². The van der Waals surface area contributed by atoms with Crippen LogP contribution in [-0.2, 0) is 0 Å². The molecule has 1 atom stereocenters. The highest BCUT2D eigenvalue weighted by atomic mass is 79.9. The van der Waals surface area contributed by atoms with E-state index in [-0.39, 0.29) is 18.6 Å². The molecule has 0 aromatic carbocycles. The van der Waals surface area contributed by atoms with Crippen molar-refractivity contribution in [1.29, 1.82) is 0 Å². The number of nitrogens with zero attached hydrogens (tertiary/aromatic N) is 1. The molecule has 1 amide bonds. The average molecular weight is 299 g/mol. The van der Waals surface area contributed by atoms with Gasteiger partial charge in [0.15, 0.2) is 0 Å². The van der Waals surface area contributed by atoms with Gasteiger partial charge < -0.3 is 10.4 Å². The van der Waals surface area contributed by atoms with Gasteiger partial charge in [-0.25, -0.2) is 4.98 Å². The lowest BCUT2D eigenvalue weighted by Crippen LogP contribution is -2.37. The van der Waals surface area contributed by atoms with Crippen LogP contribution in [0.3, 0.4) is 0 Å². The van der Waals surface area contributed by atoms with Crippen molar-refractivity contribution < 1.29 is 9.90 Å². The minimum absolute atomic E-state index is 0.0814. The van der Waals surface area contributed by atoms with Crippen LogP contribution in [0.4, 0.5) is 0 Å². The number of aromatic nitrogens is 1.